The number of carbonyl (C=O) groups excluding carboxylic acids is 1. The molecule has 0 fully saturated rings. The lowest BCUT2D eigenvalue weighted by Gasteiger charge is -2.19. The van der Waals surface area contributed by atoms with E-state index in [0.717, 1.165) is 4.57 Å². The first-order chi connectivity index (χ1) is 12.2. The van der Waals surface area contributed by atoms with Crippen LogP contribution in [0, 0.1) is 0 Å². The van der Waals surface area contributed by atoms with Gasteiger partial charge in [-0.3, -0.25) is 4.57 Å². The Hall–Kier alpha value is -1.66. The molecule has 0 aliphatic rings. The van der Waals surface area contributed by atoms with Gasteiger partial charge in [-0.25, -0.2) is 14.8 Å². The Kier molecular flexibility index (Phi) is 11.9. The maximum Gasteiger partial charge on any atom is 0.407 e. The van der Waals surface area contributed by atoms with Crippen LogP contribution in [0.2, 0.25) is 0 Å². The van der Waals surface area contributed by atoms with Crippen LogP contribution < -0.4 is 16.0 Å². The smallest absolute Gasteiger partial charge is 0.407 e. The van der Waals surface area contributed by atoms with Crippen LogP contribution in [0.3, 0.4) is 0 Å². The predicted molar refractivity (Wildman–Crippen MR) is 111 cm³/mol. The third kappa shape index (κ3) is 10.9. The second kappa shape index (κ2) is 12.7. The van der Waals surface area contributed by atoms with Crippen LogP contribution >= 0.6 is 24.0 Å². The number of guanidine groups is 1. The minimum atomic E-state index is -2.64. The largest absolute Gasteiger partial charge is 0.444 e. The van der Waals surface area contributed by atoms with E-state index < -0.39 is 18.2 Å². The Morgan fingerprint density at radius 1 is 1.30 bits per heavy atom. The number of nitrogens with one attached hydrogen (secondary N) is 3. The van der Waals surface area contributed by atoms with Gasteiger partial charge in [0.2, 0.25) is 0 Å². The van der Waals surface area contributed by atoms with Gasteiger partial charge in [0.05, 0.1) is 0 Å². The maximum absolute atomic E-state index is 12.8. The number of alkyl halides is 2. The van der Waals surface area contributed by atoms with Gasteiger partial charge in [-0.15, -0.1) is 24.0 Å². The summed E-state index contributed by atoms with van der Waals surface area (Å²) in [6.07, 6.45) is 2.73. The monoisotopic (exact) mass is 502 g/mol. The average Bonchev–Trinajstić information content (AvgIpc) is 2.99. The SMILES string of the molecule is CCNC(=NCc1nccn1C(F)F)NCCCNC(=O)OC(C)(C)C.I. The Bertz CT molecular complexity index is 590. The number of aliphatic imine (C=N–C) groups is 1. The fourth-order valence-corrected chi connectivity index (χ4v) is 1.94. The summed E-state index contributed by atoms with van der Waals surface area (Å²) in [7, 11) is 0. The summed E-state index contributed by atoms with van der Waals surface area (Å²) in [4.78, 5) is 19.7. The zero-order chi connectivity index (χ0) is 19.6. The first-order valence-corrected chi connectivity index (χ1v) is 8.52. The fraction of sp³-hybridized carbons (Fsp3) is 0.688. The number of ether oxygens (including phenoxy) is 1. The Morgan fingerprint density at radius 2 is 1.96 bits per heavy atom. The molecule has 1 aromatic rings. The quantitative estimate of drug-likeness (QED) is 0.220. The van der Waals surface area contributed by atoms with E-state index in [0.29, 0.717) is 32.0 Å². The van der Waals surface area contributed by atoms with Crippen molar-refractivity contribution in [1.29, 1.82) is 0 Å². The molecular weight excluding hydrogens is 473 g/mol. The molecule has 27 heavy (non-hydrogen) atoms. The van der Waals surface area contributed by atoms with Crippen molar-refractivity contribution in [3.8, 4) is 0 Å². The molecule has 8 nitrogen and oxygen atoms in total. The van der Waals surface area contributed by atoms with E-state index in [-0.39, 0.29) is 36.3 Å². The number of aromatic nitrogens is 2. The number of amides is 1. The molecule has 0 bridgehead atoms. The summed E-state index contributed by atoms with van der Waals surface area (Å²) in [5.74, 6) is 0.678. The van der Waals surface area contributed by atoms with Crippen LogP contribution in [0.15, 0.2) is 17.4 Å². The third-order valence-electron chi connectivity index (χ3n) is 3.00. The molecule has 0 atom stereocenters. The summed E-state index contributed by atoms with van der Waals surface area (Å²) in [6.45, 7) is 6.31. The van der Waals surface area contributed by atoms with Crippen molar-refractivity contribution in [3.05, 3.63) is 18.2 Å². The highest BCUT2D eigenvalue weighted by atomic mass is 127. The Labute approximate surface area is 175 Å². The van der Waals surface area contributed by atoms with Crippen molar-refractivity contribution in [1.82, 2.24) is 25.5 Å². The second-order valence-corrected chi connectivity index (χ2v) is 6.43. The highest BCUT2D eigenvalue weighted by Gasteiger charge is 2.15. The molecule has 1 amide bonds. The molecule has 1 heterocycles. The molecule has 0 aliphatic heterocycles. The third-order valence-corrected chi connectivity index (χ3v) is 3.00. The molecule has 156 valence electrons. The minimum absolute atomic E-state index is 0. The second-order valence-electron chi connectivity index (χ2n) is 6.43. The maximum atomic E-state index is 12.8. The van der Waals surface area contributed by atoms with Crippen LogP contribution in [-0.4, -0.2) is 46.8 Å². The number of imidazole rings is 1. The topological polar surface area (TPSA) is 92.6 Å². The van der Waals surface area contributed by atoms with Gasteiger partial charge in [0.1, 0.15) is 18.0 Å². The molecule has 0 aromatic carbocycles. The van der Waals surface area contributed by atoms with Gasteiger partial charge in [-0.05, 0) is 34.1 Å². The molecule has 0 radical (unpaired) electrons. The number of hydrogen-bond acceptors (Lipinski definition) is 4. The number of halogens is 3. The molecule has 1 rings (SSSR count). The lowest BCUT2D eigenvalue weighted by molar-refractivity contribution is 0.0527. The van der Waals surface area contributed by atoms with Gasteiger partial charge in [-0.2, -0.15) is 8.78 Å². The normalized spacial score (nSPS) is 11.7. The molecule has 0 spiro atoms. The van der Waals surface area contributed by atoms with Gasteiger partial charge in [0.15, 0.2) is 5.96 Å². The molecule has 11 heteroatoms. The summed E-state index contributed by atoms with van der Waals surface area (Å²) < 4.78 is 31.5. The molecule has 0 saturated heterocycles. The first kappa shape index (κ1) is 25.3. The Balaban J connectivity index is 0.00000676. The molecule has 1 aromatic heterocycles. The summed E-state index contributed by atoms with van der Waals surface area (Å²) in [5, 5.41) is 8.76. The van der Waals surface area contributed by atoms with Crippen LogP contribution in [-0.2, 0) is 11.3 Å². The summed E-state index contributed by atoms with van der Waals surface area (Å²) >= 11 is 0. The van der Waals surface area contributed by atoms with Crippen molar-refractivity contribution < 1.29 is 18.3 Å². The average molecular weight is 502 g/mol. The minimum Gasteiger partial charge on any atom is -0.444 e. The van der Waals surface area contributed by atoms with Gasteiger partial charge >= 0.3 is 12.6 Å². The lowest BCUT2D eigenvalue weighted by atomic mass is 10.2. The molecular formula is C16H29F2IN6O2. The van der Waals surface area contributed by atoms with E-state index in [1.54, 1.807) is 20.8 Å². The number of alkyl carbamates (subject to hydrolysis) is 1. The molecule has 0 saturated carbocycles. The molecule has 0 aliphatic carbocycles. The summed E-state index contributed by atoms with van der Waals surface area (Å²) in [6, 6.07) is 0. The molecule has 3 N–H and O–H groups in total. The van der Waals surface area contributed by atoms with Crippen molar-refractivity contribution in [2.75, 3.05) is 19.6 Å². The van der Waals surface area contributed by atoms with Crippen LogP contribution in [0.4, 0.5) is 13.6 Å². The van der Waals surface area contributed by atoms with E-state index in [1.165, 1.54) is 12.4 Å². The van der Waals surface area contributed by atoms with E-state index in [9.17, 15) is 13.6 Å². The van der Waals surface area contributed by atoms with Crippen molar-refractivity contribution in [2.24, 2.45) is 4.99 Å². The Morgan fingerprint density at radius 3 is 2.56 bits per heavy atom. The van der Waals surface area contributed by atoms with Crippen molar-refractivity contribution in [3.63, 3.8) is 0 Å². The van der Waals surface area contributed by atoms with Crippen LogP contribution in [0.25, 0.3) is 0 Å². The number of carbonyl (C=O) groups is 1. The molecule has 0 unspecified atom stereocenters. The number of hydrogen-bond donors (Lipinski definition) is 3. The van der Waals surface area contributed by atoms with Crippen molar-refractivity contribution in [2.45, 2.75) is 52.8 Å². The zero-order valence-electron chi connectivity index (χ0n) is 16.1. The van der Waals surface area contributed by atoms with E-state index in [4.69, 9.17) is 4.74 Å². The number of nitrogens with zero attached hydrogens (tertiary/aromatic N) is 3. The summed E-state index contributed by atoms with van der Waals surface area (Å²) in [5.41, 5.74) is -0.531. The first-order valence-electron chi connectivity index (χ1n) is 8.52. The van der Waals surface area contributed by atoms with Crippen LogP contribution in [0.5, 0.6) is 0 Å². The van der Waals surface area contributed by atoms with Gasteiger partial charge in [0, 0.05) is 32.0 Å². The van der Waals surface area contributed by atoms with E-state index >= 15 is 0 Å². The van der Waals surface area contributed by atoms with Crippen LogP contribution in [0.1, 0.15) is 46.5 Å². The standard InChI is InChI=1S/C16H28F2N6O2.HI/c1-5-19-14(23-11-12-20-9-10-24(12)13(17)18)21-7-6-8-22-15(25)26-16(2,3)4;/h9-10,13H,5-8,11H2,1-4H3,(H,22,25)(H2,19,21,23);1H. The lowest BCUT2D eigenvalue weighted by Crippen LogP contribution is -2.39. The van der Waals surface area contributed by atoms with Gasteiger partial charge < -0.3 is 20.7 Å². The van der Waals surface area contributed by atoms with E-state index in [2.05, 4.69) is 25.9 Å². The number of rotatable bonds is 8. The highest BCUT2D eigenvalue weighted by Crippen LogP contribution is 2.12. The predicted octanol–water partition coefficient (Wildman–Crippen LogP) is 2.87. The fourth-order valence-electron chi connectivity index (χ4n) is 1.94. The highest BCUT2D eigenvalue weighted by molar-refractivity contribution is 14.0. The van der Waals surface area contributed by atoms with Crippen molar-refractivity contribution >= 4 is 36.0 Å². The van der Waals surface area contributed by atoms with Gasteiger partial charge in [0.25, 0.3) is 0 Å². The zero-order valence-corrected chi connectivity index (χ0v) is 18.4. The van der Waals surface area contributed by atoms with E-state index in [1.807, 2.05) is 6.92 Å². The van der Waals surface area contributed by atoms with Gasteiger partial charge in [-0.1, -0.05) is 0 Å².